The lowest BCUT2D eigenvalue weighted by Crippen LogP contribution is -2.30. The van der Waals surface area contributed by atoms with E-state index in [1.165, 1.54) is 33.6 Å². The first kappa shape index (κ1) is 16.7. The molecule has 2 amide bonds. The van der Waals surface area contributed by atoms with Gasteiger partial charge in [0.05, 0.1) is 0 Å². The Hall–Kier alpha value is -1.66. The van der Waals surface area contributed by atoms with Gasteiger partial charge in [-0.1, -0.05) is 17.4 Å². The van der Waals surface area contributed by atoms with E-state index in [1.54, 1.807) is 0 Å². The highest BCUT2D eigenvalue weighted by Crippen LogP contribution is 2.34. The van der Waals surface area contributed by atoms with E-state index in [0.717, 1.165) is 10.6 Å². The second kappa shape index (κ2) is 7.07. The minimum absolute atomic E-state index is 0.322. The largest absolute Gasteiger partial charge is 0.337 e. The first-order valence-electron chi connectivity index (χ1n) is 6.96. The van der Waals surface area contributed by atoms with Crippen molar-refractivity contribution in [2.75, 3.05) is 17.7 Å². The van der Waals surface area contributed by atoms with Crippen LogP contribution in [0.4, 0.5) is 9.93 Å². The molecule has 118 valence electrons. The van der Waals surface area contributed by atoms with Crippen molar-refractivity contribution in [3.63, 3.8) is 0 Å². The fraction of sp³-hybridized carbons (Fsp3) is 0.400. The van der Waals surface area contributed by atoms with Crippen LogP contribution in [0, 0.1) is 27.7 Å². The zero-order chi connectivity index (χ0) is 16.3. The molecule has 1 heterocycles. The standard InChI is InChI=1S/C15H19ClN4OS/c1-8-7-9(2)11(4)12(10(8)3)13-19-20-15(22-13)18-14(21)17-6-5-16/h7H,5-6H2,1-4H3,(H2,17,18,20,21). The number of halogens is 1. The number of hydrogen-bond acceptors (Lipinski definition) is 4. The minimum Gasteiger partial charge on any atom is -0.337 e. The number of rotatable bonds is 4. The van der Waals surface area contributed by atoms with Crippen molar-refractivity contribution in [1.82, 2.24) is 15.5 Å². The molecule has 0 atom stereocenters. The molecule has 0 radical (unpaired) electrons. The lowest BCUT2D eigenvalue weighted by atomic mass is 9.95. The average molecular weight is 339 g/mol. The lowest BCUT2D eigenvalue weighted by Gasteiger charge is -2.12. The van der Waals surface area contributed by atoms with Crippen LogP contribution < -0.4 is 10.6 Å². The summed E-state index contributed by atoms with van der Waals surface area (Å²) < 4.78 is 0. The summed E-state index contributed by atoms with van der Waals surface area (Å²) in [4.78, 5) is 11.6. The number of alkyl halides is 1. The van der Waals surface area contributed by atoms with Crippen LogP contribution in [0.5, 0.6) is 0 Å². The summed E-state index contributed by atoms with van der Waals surface area (Å²) in [5.74, 6) is 0.371. The highest BCUT2D eigenvalue weighted by atomic mass is 35.5. The van der Waals surface area contributed by atoms with Crippen LogP contribution in [0.2, 0.25) is 0 Å². The normalized spacial score (nSPS) is 10.6. The van der Waals surface area contributed by atoms with Crippen LogP contribution in [0.1, 0.15) is 22.3 Å². The predicted molar refractivity (Wildman–Crippen MR) is 92.0 cm³/mol. The number of carbonyl (C=O) groups excluding carboxylic acids is 1. The predicted octanol–water partition coefficient (Wildman–Crippen LogP) is 3.80. The molecule has 0 unspecified atom stereocenters. The fourth-order valence-corrected chi connectivity index (χ4v) is 3.21. The molecule has 0 aliphatic rings. The Bertz CT molecular complexity index is 673. The molecule has 2 N–H and O–H groups in total. The first-order chi connectivity index (χ1) is 10.4. The Morgan fingerprint density at radius 3 is 2.41 bits per heavy atom. The first-order valence-corrected chi connectivity index (χ1v) is 8.31. The van der Waals surface area contributed by atoms with Gasteiger partial charge in [-0.15, -0.1) is 21.8 Å². The Labute approximate surface area is 139 Å². The monoisotopic (exact) mass is 338 g/mol. The zero-order valence-electron chi connectivity index (χ0n) is 13.1. The maximum absolute atomic E-state index is 11.6. The van der Waals surface area contributed by atoms with Gasteiger partial charge in [0.2, 0.25) is 5.13 Å². The van der Waals surface area contributed by atoms with Gasteiger partial charge in [-0.05, 0) is 49.9 Å². The summed E-state index contributed by atoms with van der Waals surface area (Å²) in [6.45, 7) is 8.75. The summed E-state index contributed by atoms with van der Waals surface area (Å²) in [5.41, 5.74) is 5.93. The van der Waals surface area contributed by atoms with Gasteiger partial charge in [0.1, 0.15) is 5.01 Å². The zero-order valence-corrected chi connectivity index (χ0v) is 14.7. The van der Waals surface area contributed by atoms with E-state index in [0.29, 0.717) is 17.6 Å². The number of anilines is 1. The number of nitrogens with one attached hydrogen (secondary N) is 2. The van der Waals surface area contributed by atoms with Gasteiger partial charge >= 0.3 is 6.03 Å². The van der Waals surface area contributed by atoms with Crippen LogP contribution in [0.15, 0.2) is 6.07 Å². The van der Waals surface area contributed by atoms with Crippen LogP contribution in [-0.2, 0) is 0 Å². The van der Waals surface area contributed by atoms with Crippen LogP contribution in [-0.4, -0.2) is 28.7 Å². The molecule has 22 heavy (non-hydrogen) atoms. The van der Waals surface area contributed by atoms with E-state index in [-0.39, 0.29) is 6.03 Å². The molecule has 0 aliphatic carbocycles. The Kier molecular flexibility index (Phi) is 5.37. The molecular weight excluding hydrogens is 320 g/mol. The quantitative estimate of drug-likeness (QED) is 0.833. The van der Waals surface area contributed by atoms with Crippen molar-refractivity contribution in [3.05, 3.63) is 28.3 Å². The van der Waals surface area contributed by atoms with Gasteiger partial charge in [0.15, 0.2) is 0 Å². The number of benzene rings is 1. The molecule has 0 saturated heterocycles. The van der Waals surface area contributed by atoms with Crippen molar-refractivity contribution >= 4 is 34.1 Å². The summed E-state index contributed by atoms with van der Waals surface area (Å²) in [6.07, 6.45) is 0. The maximum Gasteiger partial charge on any atom is 0.321 e. The SMILES string of the molecule is Cc1cc(C)c(C)c(-c2nnc(NC(=O)NCCCl)s2)c1C. The van der Waals surface area contributed by atoms with E-state index >= 15 is 0 Å². The summed E-state index contributed by atoms with van der Waals surface area (Å²) in [7, 11) is 0. The van der Waals surface area contributed by atoms with Gasteiger partial charge in [-0.3, -0.25) is 5.32 Å². The van der Waals surface area contributed by atoms with Crippen LogP contribution >= 0.6 is 22.9 Å². The smallest absolute Gasteiger partial charge is 0.321 e. The number of carbonyl (C=O) groups is 1. The lowest BCUT2D eigenvalue weighted by molar-refractivity contribution is 0.252. The second-order valence-electron chi connectivity index (χ2n) is 5.12. The van der Waals surface area contributed by atoms with Gasteiger partial charge in [0, 0.05) is 18.0 Å². The number of aryl methyl sites for hydroxylation is 2. The molecule has 0 fully saturated rings. The number of hydrogen-bond donors (Lipinski definition) is 2. The topological polar surface area (TPSA) is 66.9 Å². The third-order valence-electron chi connectivity index (χ3n) is 3.61. The summed E-state index contributed by atoms with van der Waals surface area (Å²) >= 11 is 6.90. The van der Waals surface area contributed by atoms with Crippen molar-refractivity contribution in [1.29, 1.82) is 0 Å². The van der Waals surface area contributed by atoms with Crippen LogP contribution in [0.25, 0.3) is 10.6 Å². The Morgan fingerprint density at radius 1 is 1.18 bits per heavy atom. The molecular formula is C15H19ClN4OS. The summed E-state index contributed by atoms with van der Waals surface area (Å²) in [6, 6.07) is 1.85. The summed E-state index contributed by atoms with van der Waals surface area (Å²) in [5, 5.41) is 14.9. The fourth-order valence-electron chi connectivity index (χ4n) is 2.21. The average Bonchev–Trinajstić information content (AvgIpc) is 2.91. The van der Waals surface area contributed by atoms with Gasteiger partial charge < -0.3 is 5.32 Å². The third kappa shape index (κ3) is 3.56. The van der Waals surface area contributed by atoms with Crippen LogP contribution in [0.3, 0.4) is 0 Å². The van der Waals surface area contributed by atoms with E-state index < -0.39 is 0 Å². The molecule has 2 aromatic rings. The number of amides is 2. The van der Waals surface area contributed by atoms with Crippen molar-refractivity contribution in [2.24, 2.45) is 0 Å². The van der Waals surface area contributed by atoms with E-state index in [1.807, 2.05) is 0 Å². The number of urea groups is 1. The molecule has 7 heteroatoms. The second-order valence-corrected chi connectivity index (χ2v) is 6.47. The highest BCUT2D eigenvalue weighted by Gasteiger charge is 2.15. The molecule has 1 aromatic heterocycles. The molecule has 0 saturated carbocycles. The number of nitrogens with zero attached hydrogens (tertiary/aromatic N) is 2. The minimum atomic E-state index is -0.322. The molecule has 5 nitrogen and oxygen atoms in total. The van der Waals surface area contributed by atoms with Gasteiger partial charge in [0.25, 0.3) is 0 Å². The maximum atomic E-state index is 11.6. The Balaban J connectivity index is 2.27. The molecule has 0 aliphatic heterocycles. The molecule has 0 bridgehead atoms. The van der Waals surface area contributed by atoms with E-state index in [2.05, 4.69) is 54.6 Å². The molecule has 1 aromatic carbocycles. The van der Waals surface area contributed by atoms with Crippen molar-refractivity contribution in [3.8, 4) is 10.6 Å². The van der Waals surface area contributed by atoms with Gasteiger partial charge in [-0.25, -0.2) is 4.79 Å². The van der Waals surface area contributed by atoms with Gasteiger partial charge in [-0.2, -0.15) is 0 Å². The van der Waals surface area contributed by atoms with Crippen molar-refractivity contribution < 1.29 is 4.79 Å². The third-order valence-corrected chi connectivity index (χ3v) is 4.65. The molecule has 0 spiro atoms. The highest BCUT2D eigenvalue weighted by molar-refractivity contribution is 7.18. The van der Waals surface area contributed by atoms with Crippen molar-refractivity contribution in [2.45, 2.75) is 27.7 Å². The number of aromatic nitrogens is 2. The molecule has 2 rings (SSSR count). The Morgan fingerprint density at radius 2 is 1.82 bits per heavy atom. The van der Waals surface area contributed by atoms with E-state index in [4.69, 9.17) is 11.6 Å². The van der Waals surface area contributed by atoms with E-state index in [9.17, 15) is 4.79 Å².